The molecular formula is C27H36N2O2S2. The molecule has 1 atom stereocenters. The number of carbonyl (C=O) groups excluding carboxylic acids is 1. The van der Waals surface area contributed by atoms with Crippen LogP contribution in [-0.2, 0) is 11.2 Å². The van der Waals surface area contributed by atoms with Gasteiger partial charge >= 0.3 is 0 Å². The summed E-state index contributed by atoms with van der Waals surface area (Å²) in [6.07, 6.45) is 8.70. The SMILES string of the molecule is CCCCCCCC(Oc1cc(CC)cs1)C(=O)Nc1c(SC(C)C)ccc2ncccc12. The number of anilines is 1. The lowest BCUT2D eigenvalue weighted by atomic mass is 10.1. The van der Waals surface area contributed by atoms with Crippen LogP contribution in [0.25, 0.3) is 10.9 Å². The number of aryl methyl sites for hydroxylation is 1. The minimum atomic E-state index is -0.515. The number of unbranched alkanes of at least 4 members (excludes halogenated alkanes) is 4. The van der Waals surface area contributed by atoms with Gasteiger partial charge in [0.25, 0.3) is 5.91 Å². The molecule has 1 amide bonds. The summed E-state index contributed by atoms with van der Waals surface area (Å²) in [5, 5.41) is 7.52. The summed E-state index contributed by atoms with van der Waals surface area (Å²) in [7, 11) is 0. The first-order chi connectivity index (χ1) is 16.0. The first-order valence-corrected chi connectivity index (χ1v) is 13.9. The maximum atomic E-state index is 13.5. The van der Waals surface area contributed by atoms with Crippen molar-refractivity contribution in [1.29, 1.82) is 0 Å². The Bertz CT molecular complexity index is 1030. The van der Waals surface area contributed by atoms with Crippen LogP contribution in [0.1, 0.15) is 71.8 Å². The standard InChI is InChI=1S/C27H36N2O2S2/c1-5-7-8-9-10-13-23(31-25-17-20(6-2)18-32-25)27(30)29-26-21-12-11-16-28-22(21)14-15-24(26)33-19(3)4/h11-12,14-19,23H,5-10,13H2,1-4H3,(H,29,30). The summed E-state index contributed by atoms with van der Waals surface area (Å²) in [4.78, 5) is 19.1. The second kappa shape index (κ2) is 13.0. The zero-order valence-electron chi connectivity index (χ0n) is 20.2. The maximum Gasteiger partial charge on any atom is 0.265 e. The number of rotatable bonds is 13. The van der Waals surface area contributed by atoms with Crippen molar-refractivity contribution in [2.75, 3.05) is 5.32 Å². The van der Waals surface area contributed by atoms with Crippen molar-refractivity contribution >= 4 is 45.6 Å². The largest absolute Gasteiger partial charge is 0.471 e. The highest BCUT2D eigenvalue weighted by molar-refractivity contribution is 8.00. The van der Waals surface area contributed by atoms with Crippen LogP contribution >= 0.6 is 23.1 Å². The zero-order chi connectivity index (χ0) is 23.6. The number of fused-ring (bicyclic) bond motifs is 1. The van der Waals surface area contributed by atoms with Crippen molar-refractivity contribution in [1.82, 2.24) is 4.98 Å². The van der Waals surface area contributed by atoms with Crippen molar-refractivity contribution in [3.8, 4) is 5.06 Å². The van der Waals surface area contributed by atoms with E-state index in [1.807, 2.05) is 18.2 Å². The normalized spacial score (nSPS) is 12.3. The van der Waals surface area contributed by atoms with Crippen LogP contribution in [0.4, 0.5) is 5.69 Å². The maximum absolute atomic E-state index is 13.5. The third-order valence-corrected chi connectivity index (χ3v) is 7.45. The molecule has 0 aliphatic rings. The lowest BCUT2D eigenvalue weighted by Gasteiger charge is -2.20. The highest BCUT2D eigenvalue weighted by atomic mass is 32.2. The van der Waals surface area contributed by atoms with E-state index in [1.54, 1.807) is 29.3 Å². The minimum absolute atomic E-state index is 0.0844. The Morgan fingerprint density at radius 2 is 1.97 bits per heavy atom. The van der Waals surface area contributed by atoms with Crippen LogP contribution in [0.2, 0.25) is 0 Å². The fourth-order valence-corrected chi connectivity index (χ4v) is 5.56. The Hall–Kier alpha value is -2.05. The fraction of sp³-hybridized carbons (Fsp3) is 0.481. The van der Waals surface area contributed by atoms with Crippen molar-refractivity contribution in [2.45, 2.75) is 88.9 Å². The third-order valence-electron chi connectivity index (χ3n) is 5.52. The molecule has 178 valence electrons. The van der Waals surface area contributed by atoms with E-state index in [-0.39, 0.29) is 5.91 Å². The van der Waals surface area contributed by atoms with Gasteiger partial charge in [-0.25, -0.2) is 0 Å². The van der Waals surface area contributed by atoms with Crippen LogP contribution in [-0.4, -0.2) is 22.2 Å². The average molecular weight is 485 g/mol. The molecule has 1 unspecified atom stereocenters. The summed E-state index contributed by atoms with van der Waals surface area (Å²) < 4.78 is 6.25. The monoisotopic (exact) mass is 484 g/mol. The van der Waals surface area contributed by atoms with E-state index in [2.05, 4.69) is 55.5 Å². The van der Waals surface area contributed by atoms with E-state index in [1.165, 1.54) is 24.8 Å². The summed E-state index contributed by atoms with van der Waals surface area (Å²) in [6, 6.07) is 10.1. The number of hydrogen-bond donors (Lipinski definition) is 1. The van der Waals surface area contributed by atoms with Gasteiger partial charge in [-0.05, 0) is 60.5 Å². The Kier molecular flexibility index (Phi) is 10.1. The molecule has 1 aromatic carbocycles. The molecule has 2 heterocycles. The molecule has 33 heavy (non-hydrogen) atoms. The molecule has 0 aliphatic carbocycles. The summed E-state index contributed by atoms with van der Waals surface area (Å²) >= 11 is 3.32. The number of nitrogens with one attached hydrogen (secondary N) is 1. The number of thioether (sulfide) groups is 1. The average Bonchev–Trinajstić information content (AvgIpc) is 3.27. The number of thiophene rings is 1. The smallest absolute Gasteiger partial charge is 0.265 e. The molecule has 1 N–H and O–H groups in total. The molecule has 0 aliphatic heterocycles. The molecule has 3 aromatic rings. The molecule has 4 nitrogen and oxygen atoms in total. The molecule has 0 spiro atoms. The van der Waals surface area contributed by atoms with Gasteiger partial charge in [0.15, 0.2) is 11.2 Å². The molecule has 0 fully saturated rings. The van der Waals surface area contributed by atoms with E-state index in [9.17, 15) is 4.79 Å². The molecule has 2 aromatic heterocycles. The second-order valence-corrected chi connectivity index (χ2v) is 11.1. The van der Waals surface area contributed by atoms with E-state index in [0.717, 1.165) is 45.8 Å². The van der Waals surface area contributed by atoms with Crippen LogP contribution in [0, 0.1) is 0 Å². The zero-order valence-corrected chi connectivity index (χ0v) is 21.9. The predicted octanol–water partition coefficient (Wildman–Crippen LogP) is 8.11. The highest BCUT2D eigenvalue weighted by Gasteiger charge is 2.23. The molecule has 0 radical (unpaired) electrons. The fourth-order valence-electron chi connectivity index (χ4n) is 3.73. The first kappa shape index (κ1) is 25.6. The lowest BCUT2D eigenvalue weighted by Crippen LogP contribution is -2.33. The van der Waals surface area contributed by atoms with Gasteiger partial charge in [0.2, 0.25) is 0 Å². The van der Waals surface area contributed by atoms with Gasteiger partial charge in [-0.3, -0.25) is 9.78 Å². The summed E-state index contributed by atoms with van der Waals surface area (Å²) in [5.41, 5.74) is 2.96. The third kappa shape index (κ3) is 7.47. The summed E-state index contributed by atoms with van der Waals surface area (Å²) in [5.74, 6) is -0.0844. The van der Waals surface area contributed by atoms with Crippen LogP contribution in [0.15, 0.2) is 46.8 Å². The Morgan fingerprint density at radius 3 is 2.70 bits per heavy atom. The molecule has 0 saturated heterocycles. The number of hydrogen-bond acceptors (Lipinski definition) is 5. The quantitative estimate of drug-likeness (QED) is 0.197. The number of carbonyl (C=O) groups is 1. The van der Waals surface area contributed by atoms with Crippen molar-refractivity contribution in [3.63, 3.8) is 0 Å². The predicted molar refractivity (Wildman–Crippen MR) is 143 cm³/mol. The van der Waals surface area contributed by atoms with Crippen LogP contribution in [0.3, 0.4) is 0 Å². The Labute approximate surface area is 206 Å². The van der Waals surface area contributed by atoms with Gasteiger partial charge in [-0.1, -0.05) is 53.4 Å². The van der Waals surface area contributed by atoms with Gasteiger partial charge in [-0.2, -0.15) is 0 Å². The molecule has 6 heteroatoms. The number of pyridine rings is 1. The molecule has 0 bridgehead atoms. The Balaban J connectivity index is 1.83. The van der Waals surface area contributed by atoms with Gasteiger partial charge < -0.3 is 10.1 Å². The van der Waals surface area contributed by atoms with Crippen LogP contribution < -0.4 is 10.1 Å². The van der Waals surface area contributed by atoms with E-state index >= 15 is 0 Å². The lowest BCUT2D eigenvalue weighted by molar-refractivity contribution is -0.123. The van der Waals surface area contributed by atoms with Crippen molar-refractivity contribution in [2.24, 2.45) is 0 Å². The van der Waals surface area contributed by atoms with E-state index < -0.39 is 6.10 Å². The molecule has 0 saturated carbocycles. The topological polar surface area (TPSA) is 51.2 Å². The molecule has 3 rings (SSSR count). The van der Waals surface area contributed by atoms with Gasteiger partial charge in [0.1, 0.15) is 0 Å². The number of benzene rings is 1. The van der Waals surface area contributed by atoms with Gasteiger partial charge in [-0.15, -0.1) is 23.1 Å². The minimum Gasteiger partial charge on any atom is -0.471 e. The number of amides is 1. The van der Waals surface area contributed by atoms with Crippen LogP contribution in [0.5, 0.6) is 5.06 Å². The highest BCUT2D eigenvalue weighted by Crippen LogP contribution is 2.36. The van der Waals surface area contributed by atoms with E-state index in [0.29, 0.717) is 11.7 Å². The Morgan fingerprint density at radius 1 is 1.15 bits per heavy atom. The van der Waals surface area contributed by atoms with Crippen molar-refractivity contribution in [3.05, 3.63) is 47.5 Å². The van der Waals surface area contributed by atoms with Gasteiger partial charge in [0.05, 0.1) is 11.2 Å². The summed E-state index contributed by atoms with van der Waals surface area (Å²) in [6.45, 7) is 8.67. The van der Waals surface area contributed by atoms with Gasteiger partial charge in [0, 0.05) is 21.7 Å². The number of aromatic nitrogens is 1. The number of ether oxygens (including phenoxy) is 1. The second-order valence-electron chi connectivity index (χ2n) is 8.60. The molecular weight excluding hydrogens is 448 g/mol. The van der Waals surface area contributed by atoms with E-state index in [4.69, 9.17) is 4.74 Å². The number of nitrogens with zero attached hydrogens (tertiary/aromatic N) is 1. The first-order valence-electron chi connectivity index (χ1n) is 12.1. The van der Waals surface area contributed by atoms with Crippen molar-refractivity contribution < 1.29 is 9.53 Å².